The second-order valence-corrected chi connectivity index (χ2v) is 2.56. The van der Waals surface area contributed by atoms with Crippen molar-refractivity contribution in [3.05, 3.63) is 0 Å². The van der Waals surface area contributed by atoms with Crippen molar-refractivity contribution in [2.45, 2.75) is 0 Å². The van der Waals surface area contributed by atoms with Gasteiger partial charge in [0.25, 0.3) is 0 Å². The Bertz CT molecular complexity index is 215. The topological polar surface area (TPSA) is 115 Å². The summed E-state index contributed by atoms with van der Waals surface area (Å²) in [5.74, 6) is -0.0172. The fraction of sp³-hybridized carbons (Fsp3) is 0.667. The maximum Gasteiger partial charge on any atom is 0.240 e. The molecule has 1 aliphatic heterocycles. The summed E-state index contributed by atoms with van der Waals surface area (Å²) in [6.45, 7) is 2.72. The number of morpholine rings is 1. The van der Waals surface area contributed by atoms with E-state index in [-0.39, 0.29) is 11.9 Å². The summed E-state index contributed by atoms with van der Waals surface area (Å²) in [6, 6.07) is 0. The van der Waals surface area contributed by atoms with E-state index < -0.39 is 0 Å². The van der Waals surface area contributed by atoms with E-state index in [0.29, 0.717) is 26.3 Å². The summed E-state index contributed by atoms with van der Waals surface area (Å²) in [7, 11) is 0. The quantitative estimate of drug-likeness (QED) is 0.318. The zero-order valence-corrected chi connectivity index (χ0v) is 7.31. The molecule has 0 aromatic carbocycles. The maximum absolute atomic E-state index is 5.43. The summed E-state index contributed by atoms with van der Waals surface area (Å²) in [6.07, 6.45) is 0. The van der Waals surface area contributed by atoms with Gasteiger partial charge in [-0.2, -0.15) is 4.99 Å². The van der Waals surface area contributed by atoms with Gasteiger partial charge in [0.2, 0.25) is 5.96 Å². The van der Waals surface area contributed by atoms with Crippen LogP contribution in [0.15, 0.2) is 10.1 Å². The smallest absolute Gasteiger partial charge is 0.240 e. The van der Waals surface area contributed by atoms with Crippen molar-refractivity contribution in [1.29, 1.82) is 0 Å². The highest BCUT2D eigenvalue weighted by Crippen LogP contribution is 1.96. The van der Waals surface area contributed by atoms with Gasteiger partial charge in [0.05, 0.1) is 26.3 Å². The van der Waals surface area contributed by atoms with Crippen LogP contribution < -0.4 is 17.2 Å². The number of rotatable bonds is 1. The lowest BCUT2D eigenvalue weighted by molar-refractivity contribution is 0.0392. The van der Waals surface area contributed by atoms with E-state index in [4.69, 9.17) is 21.9 Å². The molecule has 0 aromatic rings. The van der Waals surface area contributed by atoms with Crippen molar-refractivity contribution in [3.63, 3.8) is 0 Å². The van der Waals surface area contributed by atoms with Crippen LogP contribution >= 0.6 is 0 Å². The molecule has 7 nitrogen and oxygen atoms in total. The molecule has 6 N–H and O–H groups in total. The normalized spacial score (nSPS) is 18.5. The van der Waals surface area contributed by atoms with Crippen molar-refractivity contribution >= 4 is 11.9 Å². The third-order valence-corrected chi connectivity index (χ3v) is 1.48. The number of guanidine groups is 2. The van der Waals surface area contributed by atoms with Crippen molar-refractivity contribution in [2.24, 2.45) is 27.3 Å². The highest BCUT2D eigenvalue weighted by Gasteiger charge is 2.07. The standard InChI is InChI=1S/C6H14N6O/c7-5(8)10-6(9)11-12-1-3-13-4-2-12/h1-4H2,(H6,7,8,9,10,11). The van der Waals surface area contributed by atoms with E-state index in [1.54, 1.807) is 5.01 Å². The van der Waals surface area contributed by atoms with Crippen molar-refractivity contribution in [3.8, 4) is 0 Å². The van der Waals surface area contributed by atoms with E-state index in [0.717, 1.165) is 0 Å². The van der Waals surface area contributed by atoms with Crippen LogP contribution in [0.3, 0.4) is 0 Å². The average molecular weight is 186 g/mol. The van der Waals surface area contributed by atoms with Gasteiger partial charge in [-0.1, -0.05) is 0 Å². The van der Waals surface area contributed by atoms with E-state index in [1.807, 2.05) is 0 Å². The minimum absolute atomic E-state index is 0.0712. The molecular weight excluding hydrogens is 172 g/mol. The molecule has 0 aromatic heterocycles. The molecule has 1 heterocycles. The number of ether oxygens (including phenoxy) is 1. The van der Waals surface area contributed by atoms with E-state index >= 15 is 0 Å². The zero-order valence-electron chi connectivity index (χ0n) is 7.31. The van der Waals surface area contributed by atoms with Crippen molar-refractivity contribution in [1.82, 2.24) is 5.01 Å². The second kappa shape index (κ2) is 4.51. The minimum atomic E-state index is -0.0884. The predicted octanol–water partition coefficient (Wildman–Crippen LogP) is -2.18. The molecular formula is C6H14N6O. The van der Waals surface area contributed by atoms with Gasteiger partial charge >= 0.3 is 0 Å². The fourth-order valence-electron chi connectivity index (χ4n) is 0.953. The number of hydrazone groups is 1. The van der Waals surface area contributed by atoms with E-state index in [9.17, 15) is 0 Å². The molecule has 0 bridgehead atoms. The molecule has 1 rings (SSSR count). The number of nitrogens with two attached hydrogens (primary N) is 3. The van der Waals surface area contributed by atoms with Gasteiger partial charge in [0.1, 0.15) is 0 Å². The Hall–Kier alpha value is -1.50. The van der Waals surface area contributed by atoms with Crippen molar-refractivity contribution in [2.75, 3.05) is 26.3 Å². The first kappa shape index (κ1) is 9.59. The highest BCUT2D eigenvalue weighted by atomic mass is 16.5. The van der Waals surface area contributed by atoms with Gasteiger partial charge < -0.3 is 21.9 Å². The zero-order chi connectivity index (χ0) is 9.68. The summed E-state index contributed by atoms with van der Waals surface area (Å²) in [4.78, 5) is 3.59. The predicted molar refractivity (Wildman–Crippen MR) is 49.8 cm³/mol. The van der Waals surface area contributed by atoms with Crippen LogP contribution in [0.25, 0.3) is 0 Å². The maximum atomic E-state index is 5.43. The first-order valence-electron chi connectivity index (χ1n) is 3.95. The molecule has 0 radical (unpaired) electrons. The van der Waals surface area contributed by atoms with Gasteiger partial charge in [0.15, 0.2) is 5.96 Å². The molecule has 1 aliphatic rings. The molecule has 1 saturated heterocycles. The largest absolute Gasteiger partial charge is 0.378 e. The third-order valence-electron chi connectivity index (χ3n) is 1.48. The summed E-state index contributed by atoms with van der Waals surface area (Å²) < 4.78 is 5.13. The minimum Gasteiger partial charge on any atom is -0.378 e. The van der Waals surface area contributed by atoms with Crippen LogP contribution in [-0.4, -0.2) is 43.2 Å². The molecule has 74 valence electrons. The molecule has 0 aliphatic carbocycles. The highest BCUT2D eigenvalue weighted by molar-refractivity contribution is 5.92. The summed E-state index contributed by atoms with van der Waals surface area (Å²) >= 11 is 0. The summed E-state index contributed by atoms with van der Waals surface area (Å²) in [5, 5.41) is 5.75. The molecule has 13 heavy (non-hydrogen) atoms. The Labute approximate surface area is 76.2 Å². The molecule has 0 unspecified atom stereocenters. The van der Waals surface area contributed by atoms with Crippen LogP contribution in [0, 0.1) is 0 Å². The van der Waals surface area contributed by atoms with E-state index in [1.165, 1.54) is 0 Å². The number of hydrogen-bond acceptors (Lipinski definition) is 3. The van der Waals surface area contributed by atoms with Gasteiger partial charge in [0, 0.05) is 0 Å². The monoisotopic (exact) mass is 186 g/mol. The lowest BCUT2D eigenvalue weighted by Gasteiger charge is -2.23. The van der Waals surface area contributed by atoms with Crippen LogP contribution in [-0.2, 0) is 4.74 Å². The van der Waals surface area contributed by atoms with Crippen LogP contribution in [0.1, 0.15) is 0 Å². The Balaban J connectivity index is 2.48. The number of nitrogens with zero attached hydrogens (tertiary/aromatic N) is 3. The second-order valence-electron chi connectivity index (χ2n) is 2.56. The van der Waals surface area contributed by atoms with Crippen molar-refractivity contribution < 1.29 is 4.74 Å². The van der Waals surface area contributed by atoms with Gasteiger partial charge in [-0.05, 0) is 0 Å². The SMILES string of the molecule is NC(N)=N/C(N)=N\N1CCOCC1. The number of aliphatic imine (C=N–C) groups is 1. The van der Waals surface area contributed by atoms with Gasteiger partial charge in [-0.25, -0.2) is 0 Å². The summed E-state index contributed by atoms with van der Waals surface area (Å²) in [5.41, 5.74) is 15.7. The molecule has 7 heteroatoms. The molecule has 0 amide bonds. The van der Waals surface area contributed by atoms with Gasteiger partial charge in [-0.15, -0.1) is 5.10 Å². The Morgan fingerprint density at radius 2 is 1.77 bits per heavy atom. The Morgan fingerprint density at radius 3 is 2.31 bits per heavy atom. The number of hydrogen-bond donors (Lipinski definition) is 3. The van der Waals surface area contributed by atoms with E-state index in [2.05, 4.69) is 10.1 Å². The van der Waals surface area contributed by atoms with Gasteiger partial charge in [-0.3, -0.25) is 5.01 Å². The lowest BCUT2D eigenvalue weighted by Crippen LogP contribution is -2.35. The average Bonchev–Trinajstić information content (AvgIpc) is 2.04. The first-order chi connectivity index (χ1) is 6.18. The molecule has 0 atom stereocenters. The lowest BCUT2D eigenvalue weighted by atomic mass is 10.5. The Morgan fingerprint density at radius 1 is 1.15 bits per heavy atom. The Kier molecular flexibility index (Phi) is 3.32. The van der Waals surface area contributed by atoms with Crippen LogP contribution in [0.4, 0.5) is 0 Å². The first-order valence-corrected chi connectivity index (χ1v) is 3.95. The molecule has 1 fully saturated rings. The van der Waals surface area contributed by atoms with Crippen LogP contribution in [0.5, 0.6) is 0 Å². The fourth-order valence-corrected chi connectivity index (χ4v) is 0.953. The molecule has 0 saturated carbocycles. The third kappa shape index (κ3) is 3.61. The van der Waals surface area contributed by atoms with Crippen LogP contribution in [0.2, 0.25) is 0 Å². The molecule has 0 spiro atoms.